The summed E-state index contributed by atoms with van der Waals surface area (Å²) in [4.78, 5) is 12.1. The second-order valence-corrected chi connectivity index (χ2v) is 6.28. The molecule has 0 heterocycles. The van der Waals surface area contributed by atoms with Gasteiger partial charge in [-0.1, -0.05) is 18.2 Å². The van der Waals surface area contributed by atoms with Gasteiger partial charge in [0.05, 0.1) is 18.7 Å². The van der Waals surface area contributed by atoms with Gasteiger partial charge < -0.3 is 19.5 Å². The van der Waals surface area contributed by atoms with Gasteiger partial charge in [-0.2, -0.15) is 10.5 Å². The van der Waals surface area contributed by atoms with Gasteiger partial charge in [-0.05, 0) is 47.9 Å². The number of benzene rings is 2. The molecule has 0 fully saturated rings. The fourth-order valence-corrected chi connectivity index (χ4v) is 2.56. The molecule has 2 aromatic carbocycles. The van der Waals surface area contributed by atoms with Crippen LogP contribution in [0.15, 0.2) is 48.0 Å². The SMILES string of the molecule is COCCCNC(=O)/C(C#N)=C/c1ccc(OCc2ccc(C#N)cc2)c(OC)c1. The first-order valence-corrected chi connectivity index (χ1v) is 9.30. The molecule has 2 rings (SSSR count). The van der Waals surface area contributed by atoms with Crippen LogP contribution in [0.4, 0.5) is 0 Å². The van der Waals surface area contributed by atoms with Gasteiger partial charge in [0.2, 0.25) is 0 Å². The highest BCUT2D eigenvalue weighted by Crippen LogP contribution is 2.29. The zero-order chi connectivity index (χ0) is 21.8. The van der Waals surface area contributed by atoms with E-state index in [9.17, 15) is 10.1 Å². The highest BCUT2D eigenvalue weighted by atomic mass is 16.5. The molecule has 0 aliphatic rings. The number of carbonyl (C=O) groups is 1. The van der Waals surface area contributed by atoms with E-state index >= 15 is 0 Å². The molecule has 7 nitrogen and oxygen atoms in total. The van der Waals surface area contributed by atoms with Gasteiger partial charge in [-0.25, -0.2) is 0 Å². The first-order valence-electron chi connectivity index (χ1n) is 9.30. The molecule has 30 heavy (non-hydrogen) atoms. The minimum atomic E-state index is -0.436. The van der Waals surface area contributed by atoms with Crippen molar-refractivity contribution in [1.29, 1.82) is 10.5 Å². The lowest BCUT2D eigenvalue weighted by Gasteiger charge is -2.12. The van der Waals surface area contributed by atoms with E-state index in [1.165, 1.54) is 13.2 Å². The largest absolute Gasteiger partial charge is 0.493 e. The third-order valence-electron chi connectivity index (χ3n) is 4.15. The van der Waals surface area contributed by atoms with E-state index in [1.54, 1.807) is 37.4 Å². The third-order valence-corrected chi connectivity index (χ3v) is 4.15. The van der Waals surface area contributed by atoms with Gasteiger partial charge in [0.1, 0.15) is 18.2 Å². The molecule has 0 unspecified atom stereocenters. The molecule has 0 saturated heterocycles. The van der Waals surface area contributed by atoms with Crippen LogP contribution in [0.2, 0.25) is 0 Å². The van der Waals surface area contributed by atoms with E-state index in [2.05, 4.69) is 11.4 Å². The van der Waals surface area contributed by atoms with Gasteiger partial charge in [0.25, 0.3) is 5.91 Å². The summed E-state index contributed by atoms with van der Waals surface area (Å²) < 4.78 is 16.1. The van der Waals surface area contributed by atoms with Crippen molar-refractivity contribution in [2.75, 3.05) is 27.4 Å². The number of nitrogens with zero attached hydrogens (tertiary/aromatic N) is 2. The summed E-state index contributed by atoms with van der Waals surface area (Å²) in [7, 11) is 3.11. The normalized spacial score (nSPS) is 10.6. The summed E-state index contributed by atoms with van der Waals surface area (Å²) in [6, 6.07) is 16.3. The van der Waals surface area contributed by atoms with Crippen LogP contribution in [-0.4, -0.2) is 33.3 Å². The van der Waals surface area contributed by atoms with Gasteiger partial charge in [-0.15, -0.1) is 0 Å². The molecule has 0 atom stereocenters. The molecule has 0 aliphatic heterocycles. The number of nitriles is 2. The van der Waals surface area contributed by atoms with Crippen molar-refractivity contribution >= 4 is 12.0 Å². The second-order valence-electron chi connectivity index (χ2n) is 6.28. The molecule has 2 aromatic rings. The maximum absolute atomic E-state index is 12.1. The van der Waals surface area contributed by atoms with Crippen LogP contribution in [0.1, 0.15) is 23.1 Å². The number of nitrogens with one attached hydrogen (secondary N) is 1. The first-order chi connectivity index (χ1) is 14.6. The summed E-state index contributed by atoms with van der Waals surface area (Å²) in [5.41, 5.74) is 2.14. The van der Waals surface area contributed by atoms with Crippen LogP contribution in [-0.2, 0) is 16.1 Å². The molecule has 154 valence electrons. The van der Waals surface area contributed by atoms with Crippen LogP contribution in [0.5, 0.6) is 11.5 Å². The smallest absolute Gasteiger partial charge is 0.261 e. The lowest BCUT2D eigenvalue weighted by Crippen LogP contribution is -2.26. The van der Waals surface area contributed by atoms with Crippen LogP contribution >= 0.6 is 0 Å². The summed E-state index contributed by atoms with van der Waals surface area (Å²) in [6.45, 7) is 1.27. The Morgan fingerprint density at radius 3 is 2.50 bits per heavy atom. The number of hydrogen-bond acceptors (Lipinski definition) is 6. The standard InChI is InChI=1S/C23H23N3O4/c1-28-11-3-10-26-23(27)20(15-25)12-19-8-9-21(22(13-19)29-2)30-16-18-6-4-17(14-24)5-7-18/h4-9,12-13H,3,10-11,16H2,1-2H3,(H,26,27)/b20-12+. The fraction of sp³-hybridized carbons (Fsp3) is 0.261. The Kier molecular flexibility index (Phi) is 8.92. The summed E-state index contributed by atoms with van der Waals surface area (Å²) in [5, 5.41) is 20.9. The van der Waals surface area contributed by atoms with Crippen LogP contribution in [0.25, 0.3) is 6.08 Å². The molecule has 0 aliphatic carbocycles. The summed E-state index contributed by atoms with van der Waals surface area (Å²) in [5.74, 6) is 0.574. The Hall–Kier alpha value is -3.81. The zero-order valence-electron chi connectivity index (χ0n) is 17.0. The summed E-state index contributed by atoms with van der Waals surface area (Å²) in [6.07, 6.45) is 2.17. The van der Waals surface area contributed by atoms with Crippen molar-refractivity contribution in [3.8, 4) is 23.6 Å². The van der Waals surface area contributed by atoms with Crippen LogP contribution in [0, 0.1) is 22.7 Å². The fourth-order valence-electron chi connectivity index (χ4n) is 2.56. The average Bonchev–Trinajstić information content (AvgIpc) is 2.79. The lowest BCUT2D eigenvalue weighted by atomic mass is 10.1. The first kappa shape index (κ1) is 22.5. The van der Waals surface area contributed by atoms with E-state index in [-0.39, 0.29) is 5.57 Å². The van der Waals surface area contributed by atoms with E-state index in [0.29, 0.717) is 48.8 Å². The maximum Gasteiger partial charge on any atom is 0.261 e. The molecular weight excluding hydrogens is 382 g/mol. The molecule has 1 N–H and O–H groups in total. The van der Waals surface area contributed by atoms with E-state index < -0.39 is 5.91 Å². The third kappa shape index (κ3) is 6.66. The Morgan fingerprint density at radius 1 is 1.10 bits per heavy atom. The topological polar surface area (TPSA) is 104 Å². The highest BCUT2D eigenvalue weighted by Gasteiger charge is 2.10. The van der Waals surface area contributed by atoms with Gasteiger partial charge in [0.15, 0.2) is 11.5 Å². The second kappa shape index (κ2) is 11.9. The van der Waals surface area contributed by atoms with Crippen molar-refractivity contribution in [3.05, 3.63) is 64.7 Å². The van der Waals surface area contributed by atoms with Crippen molar-refractivity contribution in [1.82, 2.24) is 5.32 Å². The molecule has 7 heteroatoms. The van der Waals surface area contributed by atoms with E-state index in [4.69, 9.17) is 19.5 Å². The predicted molar refractivity (Wildman–Crippen MR) is 112 cm³/mol. The number of carbonyl (C=O) groups excluding carboxylic acids is 1. The molecule has 0 spiro atoms. The molecule has 1 amide bonds. The number of methoxy groups -OCH3 is 2. The minimum absolute atomic E-state index is 0.000667. The van der Waals surface area contributed by atoms with Crippen LogP contribution < -0.4 is 14.8 Å². The highest BCUT2D eigenvalue weighted by molar-refractivity contribution is 6.01. The quantitative estimate of drug-likeness (QED) is 0.370. The molecule has 0 saturated carbocycles. The molecular formula is C23H23N3O4. The van der Waals surface area contributed by atoms with Gasteiger partial charge in [-0.3, -0.25) is 4.79 Å². The van der Waals surface area contributed by atoms with E-state index in [0.717, 1.165) is 5.56 Å². The Bertz CT molecular complexity index is 969. The van der Waals surface area contributed by atoms with Crippen molar-refractivity contribution < 1.29 is 19.0 Å². The molecule has 0 bridgehead atoms. The Balaban J connectivity index is 2.07. The minimum Gasteiger partial charge on any atom is -0.493 e. The van der Waals surface area contributed by atoms with Crippen molar-refractivity contribution in [2.24, 2.45) is 0 Å². The van der Waals surface area contributed by atoms with Gasteiger partial charge in [0, 0.05) is 20.3 Å². The Morgan fingerprint density at radius 2 is 1.87 bits per heavy atom. The summed E-state index contributed by atoms with van der Waals surface area (Å²) >= 11 is 0. The van der Waals surface area contributed by atoms with E-state index in [1.807, 2.05) is 18.2 Å². The number of rotatable bonds is 10. The lowest BCUT2D eigenvalue weighted by molar-refractivity contribution is -0.117. The molecule has 0 radical (unpaired) electrons. The molecule has 0 aromatic heterocycles. The predicted octanol–water partition coefficient (Wildman–Crippen LogP) is 3.21. The average molecular weight is 405 g/mol. The monoisotopic (exact) mass is 405 g/mol. The van der Waals surface area contributed by atoms with Crippen LogP contribution in [0.3, 0.4) is 0 Å². The van der Waals surface area contributed by atoms with Crippen molar-refractivity contribution in [2.45, 2.75) is 13.0 Å². The number of hydrogen-bond donors (Lipinski definition) is 1. The van der Waals surface area contributed by atoms with Crippen molar-refractivity contribution in [3.63, 3.8) is 0 Å². The maximum atomic E-state index is 12.1. The number of ether oxygens (including phenoxy) is 3. The number of amides is 1. The zero-order valence-corrected chi connectivity index (χ0v) is 17.0. The Labute approximate surface area is 176 Å². The van der Waals surface area contributed by atoms with Gasteiger partial charge >= 0.3 is 0 Å².